The highest BCUT2D eigenvalue weighted by atomic mass is 35.5. The van der Waals surface area contributed by atoms with Crippen molar-refractivity contribution in [2.24, 2.45) is 0 Å². The fraction of sp³-hybridized carbons (Fsp3) is 0.314. The van der Waals surface area contributed by atoms with Crippen molar-refractivity contribution >= 4 is 75.1 Å². The minimum Gasteiger partial charge on any atom is -0.486 e. The van der Waals surface area contributed by atoms with Crippen LogP contribution in [0.15, 0.2) is 59.8 Å². The summed E-state index contributed by atoms with van der Waals surface area (Å²) in [4.78, 5) is 61.8. The molecule has 12 nitrogen and oxygen atoms in total. The van der Waals surface area contributed by atoms with Gasteiger partial charge in [-0.15, -0.1) is 11.8 Å². The van der Waals surface area contributed by atoms with Gasteiger partial charge in [0, 0.05) is 53.4 Å². The SMILES string of the molecule is O=C1CCC(N2Cc3c(SCCCC(=O)Nc4cc5c(Nc6ccc(F)c(Cl)c6)ncnc5cc4OC4CCOC4)cccc3C2=O)C(=O)N1. The molecule has 4 heterocycles. The van der Waals surface area contributed by atoms with E-state index in [2.05, 4.69) is 25.9 Å². The highest BCUT2D eigenvalue weighted by Crippen LogP contribution is 2.37. The first-order valence-electron chi connectivity index (χ1n) is 16.2. The zero-order valence-corrected chi connectivity index (χ0v) is 28.2. The third-order valence-corrected chi connectivity index (χ3v) is 10.2. The van der Waals surface area contributed by atoms with Crippen LogP contribution in [0.2, 0.25) is 5.02 Å². The number of aromatic nitrogens is 2. The number of carbonyl (C=O) groups is 4. The van der Waals surface area contributed by atoms with Crippen LogP contribution in [0.4, 0.5) is 21.6 Å². The normalized spacial score (nSPS) is 18.7. The van der Waals surface area contributed by atoms with E-state index >= 15 is 0 Å². The van der Waals surface area contributed by atoms with Crippen molar-refractivity contribution in [3.63, 3.8) is 0 Å². The summed E-state index contributed by atoms with van der Waals surface area (Å²) < 4.78 is 25.5. The quantitative estimate of drug-likeness (QED) is 0.101. The molecular formula is C35H32ClFN6O6S. The maximum atomic E-state index is 13.8. The summed E-state index contributed by atoms with van der Waals surface area (Å²) >= 11 is 7.53. The van der Waals surface area contributed by atoms with Crippen LogP contribution in [-0.2, 0) is 25.7 Å². The number of nitrogens with zero attached hydrogens (tertiary/aromatic N) is 3. The maximum absolute atomic E-state index is 13.8. The second kappa shape index (κ2) is 14.6. The Bertz CT molecular complexity index is 2010. The molecule has 3 aromatic carbocycles. The molecular weight excluding hydrogens is 687 g/mol. The molecule has 3 N–H and O–H groups in total. The number of amides is 4. The number of nitrogens with one attached hydrogen (secondary N) is 3. The van der Waals surface area contributed by atoms with Gasteiger partial charge in [0.2, 0.25) is 17.7 Å². The van der Waals surface area contributed by atoms with Gasteiger partial charge in [-0.05, 0) is 60.6 Å². The standard InChI is InChI=1S/C35H32ClFN6O6S/c36-24-13-19(6-7-25(24)37)40-33-22-14-27(29(15-26(22)38-18-39-33)49-20-10-11-48-17-20)41-31(44)5-2-12-50-30-4-1-3-21-23(30)16-43(35(21)47)28-8-9-32(45)42-34(28)46/h1,3-4,6-7,13-15,18,20,28H,2,5,8-12,16-17H2,(H,41,44)(H,38,39,40)(H,42,45,46). The molecule has 7 rings (SSSR count). The molecule has 2 saturated heterocycles. The van der Waals surface area contributed by atoms with Crippen molar-refractivity contribution in [3.05, 3.63) is 76.8 Å². The van der Waals surface area contributed by atoms with Gasteiger partial charge in [0.25, 0.3) is 5.91 Å². The van der Waals surface area contributed by atoms with E-state index < -0.39 is 17.8 Å². The van der Waals surface area contributed by atoms with E-state index in [-0.39, 0.29) is 48.2 Å². The van der Waals surface area contributed by atoms with Crippen LogP contribution in [0.5, 0.6) is 5.75 Å². The van der Waals surface area contributed by atoms with E-state index in [1.54, 1.807) is 36.0 Å². The lowest BCUT2D eigenvalue weighted by atomic mass is 10.0. The van der Waals surface area contributed by atoms with Crippen LogP contribution in [0.3, 0.4) is 0 Å². The highest BCUT2D eigenvalue weighted by molar-refractivity contribution is 7.99. The summed E-state index contributed by atoms with van der Waals surface area (Å²) in [6.45, 7) is 1.31. The lowest BCUT2D eigenvalue weighted by Gasteiger charge is -2.29. The zero-order chi connectivity index (χ0) is 34.8. The molecule has 2 unspecified atom stereocenters. The number of fused-ring (bicyclic) bond motifs is 2. The second-order valence-electron chi connectivity index (χ2n) is 12.1. The number of imide groups is 1. The van der Waals surface area contributed by atoms with Crippen LogP contribution < -0.4 is 20.7 Å². The molecule has 0 bridgehead atoms. The van der Waals surface area contributed by atoms with Gasteiger partial charge in [-0.2, -0.15) is 0 Å². The average Bonchev–Trinajstić information content (AvgIpc) is 3.73. The Hall–Kier alpha value is -4.79. The van der Waals surface area contributed by atoms with Gasteiger partial charge >= 0.3 is 0 Å². The number of thioether (sulfide) groups is 1. The summed E-state index contributed by atoms with van der Waals surface area (Å²) in [7, 11) is 0. The number of hydrogen-bond acceptors (Lipinski definition) is 10. The van der Waals surface area contributed by atoms with Crippen LogP contribution in [0, 0.1) is 5.82 Å². The van der Waals surface area contributed by atoms with Gasteiger partial charge in [0.1, 0.15) is 35.9 Å². The van der Waals surface area contributed by atoms with E-state index in [0.717, 1.165) is 10.5 Å². The fourth-order valence-electron chi connectivity index (χ4n) is 6.19. The van der Waals surface area contributed by atoms with Crippen LogP contribution >= 0.6 is 23.4 Å². The van der Waals surface area contributed by atoms with Crippen molar-refractivity contribution in [1.82, 2.24) is 20.2 Å². The molecule has 15 heteroatoms. The van der Waals surface area contributed by atoms with Crippen molar-refractivity contribution < 1.29 is 33.0 Å². The first-order chi connectivity index (χ1) is 24.2. The number of ether oxygens (including phenoxy) is 2. The fourth-order valence-corrected chi connectivity index (χ4v) is 7.41. The Morgan fingerprint density at radius 2 is 2.02 bits per heavy atom. The molecule has 258 valence electrons. The van der Waals surface area contributed by atoms with Crippen molar-refractivity contribution in [3.8, 4) is 5.75 Å². The zero-order valence-electron chi connectivity index (χ0n) is 26.7. The molecule has 4 aromatic rings. The van der Waals surface area contributed by atoms with E-state index in [9.17, 15) is 23.6 Å². The van der Waals surface area contributed by atoms with Gasteiger partial charge in [0.15, 0.2) is 0 Å². The molecule has 1 aromatic heterocycles. The molecule has 0 saturated carbocycles. The first-order valence-corrected chi connectivity index (χ1v) is 17.5. The van der Waals surface area contributed by atoms with E-state index in [0.29, 0.717) is 77.6 Å². The number of rotatable bonds is 11. The Balaban J connectivity index is 1.02. The van der Waals surface area contributed by atoms with Gasteiger partial charge in [0.05, 0.1) is 29.4 Å². The average molecular weight is 719 g/mol. The highest BCUT2D eigenvalue weighted by Gasteiger charge is 2.39. The van der Waals surface area contributed by atoms with E-state index in [1.165, 1.54) is 23.4 Å². The largest absolute Gasteiger partial charge is 0.486 e. The van der Waals surface area contributed by atoms with Gasteiger partial charge in [-0.1, -0.05) is 17.7 Å². The molecule has 3 aliphatic heterocycles. The number of benzene rings is 3. The molecule has 4 amide bonds. The van der Waals surface area contributed by atoms with Crippen molar-refractivity contribution in [2.75, 3.05) is 29.6 Å². The van der Waals surface area contributed by atoms with E-state index in [1.807, 2.05) is 12.1 Å². The number of carbonyl (C=O) groups excluding carboxylic acids is 4. The van der Waals surface area contributed by atoms with E-state index in [4.69, 9.17) is 21.1 Å². The molecule has 2 fully saturated rings. The smallest absolute Gasteiger partial charge is 0.255 e. The Kier molecular flexibility index (Phi) is 9.83. The minimum absolute atomic E-state index is 0.0340. The third kappa shape index (κ3) is 7.23. The third-order valence-electron chi connectivity index (χ3n) is 8.72. The minimum atomic E-state index is -0.681. The number of halogens is 2. The Morgan fingerprint density at radius 3 is 2.82 bits per heavy atom. The van der Waals surface area contributed by atoms with Crippen molar-refractivity contribution in [1.29, 1.82) is 0 Å². The molecule has 50 heavy (non-hydrogen) atoms. The van der Waals surface area contributed by atoms with Gasteiger partial charge < -0.3 is 25.0 Å². The molecule has 3 aliphatic rings. The lowest BCUT2D eigenvalue weighted by molar-refractivity contribution is -0.137. The summed E-state index contributed by atoms with van der Waals surface area (Å²) in [6.07, 6.45) is 3.20. The Morgan fingerprint density at radius 1 is 1.14 bits per heavy atom. The number of hydrogen-bond donors (Lipinski definition) is 3. The molecule has 2 atom stereocenters. The molecule has 0 spiro atoms. The van der Waals surface area contributed by atoms with Crippen LogP contribution in [-0.4, -0.2) is 69.6 Å². The predicted octanol–water partition coefficient (Wildman–Crippen LogP) is 5.61. The Labute approximate surface area is 295 Å². The molecule has 0 radical (unpaired) electrons. The topological polar surface area (TPSA) is 152 Å². The monoisotopic (exact) mass is 718 g/mol. The summed E-state index contributed by atoms with van der Waals surface area (Å²) in [5, 5.41) is 9.05. The summed E-state index contributed by atoms with van der Waals surface area (Å²) in [5.41, 5.74) is 2.95. The van der Waals surface area contributed by atoms with Crippen molar-refractivity contribution in [2.45, 2.75) is 55.7 Å². The van der Waals surface area contributed by atoms with Crippen LogP contribution in [0.1, 0.15) is 48.0 Å². The second-order valence-corrected chi connectivity index (χ2v) is 13.7. The van der Waals surface area contributed by atoms with Gasteiger partial charge in [-0.3, -0.25) is 24.5 Å². The first kappa shape index (κ1) is 33.7. The van der Waals surface area contributed by atoms with Crippen LogP contribution in [0.25, 0.3) is 10.9 Å². The summed E-state index contributed by atoms with van der Waals surface area (Å²) in [5.74, 6) is -0.251. The van der Waals surface area contributed by atoms with Gasteiger partial charge in [-0.25, -0.2) is 14.4 Å². The maximum Gasteiger partial charge on any atom is 0.255 e. The molecule has 0 aliphatic carbocycles. The lowest BCUT2D eigenvalue weighted by Crippen LogP contribution is -2.52. The summed E-state index contributed by atoms with van der Waals surface area (Å²) in [6, 6.07) is 12.6. The predicted molar refractivity (Wildman–Crippen MR) is 185 cm³/mol. The number of anilines is 3. The number of piperidine rings is 1.